The number of rotatable bonds is 3. The van der Waals surface area contributed by atoms with E-state index in [2.05, 4.69) is 52.1 Å². The Morgan fingerprint density at radius 3 is 2.53 bits per heavy atom. The number of carbonyl (C=O) groups is 1. The Morgan fingerprint density at radius 1 is 1.06 bits per heavy atom. The minimum atomic E-state index is 0.0468. The second kappa shape index (κ2) is 7.86. The summed E-state index contributed by atoms with van der Waals surface area (Å²) in [5, 5.41) is 3.12. The Morgan fingerprint density at radius 2 is 1.78 bits per heavy atom. The van der Waals surface area contributed by atoms with E-state index in [9.17, 15) is 4.79 Å². The molecule has 3 fully saturated rings. The van der Waals surface area contributed by atoms with Crippen molar-refractivity contribution in [3.63, 3.8) is 0 Å². The van der Waals surface area contributed by atoms with Crippen molar-refractivity contribution >= 4 is 5.91 Å². The Bertz CT molecular complexity index is 882. The van der Waals surface area contributed by atoms with Crippen LogP contribution in [0.1, 0.15) is 86.0 Å². The first kappa shape index (κ1) is 22.4. The molecule has 1 amide bonds. The number of amides is 1. The van der Waals surface area contributed by atoms with Crippen molar-refractivity contribution in [1.82, 2.24) is 5.32 Å². The summed E-state index contributed by atoms with van der Waals surface area (Å²) in [5.74, 6) is 3.92. The summed E-state index contributed by atoms with van der Waals surface area (Å²) in [6.07, 6.45) is 17.2. The third-order valence-corrected chi connectivity index (χ3v) is 10.7. The Hall–Kier alpha value is -1.35. The highest BCUT2D eigenvalue weighted by Gasteiger charge is 2.58. The summed E-state index contributed by atoms with van der Waals surface area (Å²) in [7, 11) is 0. The highest BCUT2D eigenvalue weighted by Crippen LogP contribution is 2.66. The van der Waals surface area contributed by atoms with E-state index in [0.717, 1.165) is 23.5 Å². The van der Waals surface area contributed by atoms with E-state index in [-0.39, 0.29) is 5.91 Å². The highest BCUT2D eigenvalue weighted by molar-refractivity contribution is 5.94. The summed E-state index contributed by atoms with van der Waals surface area (Å²) < 4.78 is 0. The maximum atomic E-state index is 12.0. The number of carbonyl (C=O) groups excluding carboxylic acids is 1. The molecule has 0 aromatic heterocycles. The van der Waals surface area contributed by atoms with Gasteiger partial charge in [-0.2, -0.15) is 0 Å². The zero-order chi connectivity index (χ0) is 22.8. The number of nitrogens with one attached hydrogen (secondary N) is 1. The lowest BCUT2D eigenvalue weighted by molar-refractivity contribution is -0.115. The van der Waals surface area contributed by atoms with E-state index < -0.39 is 0 Å². The van der Waals surface area contributed by atoms with Crippen molar-refractivity contribution in [2.45, 2.75) is 92.0 Å². The number of hydrogen-bond donors (Lipinski definition) is 2. The Kier molecular flexibility index (Phi) is 5.51. The van der Waals surface area contributed by atoms with E-state index in [1.165, 1.54) is 56.9 Å². The van der Waals surface area contributed by atoms with Crippen LogP contribution in [0.5, 0.6) is 0 Å². The SMILES string of the molecule is CC(C)C1=CC(=O)N/C1=C\C(C)[C@H]1CCC2C3=CCC4CC(N)CC[C@]4(C)C3CC[C@@]21C. The fraction of sp³-hybridized carbons (Fsp3) is 0.759. The van der Waals surface area contributed by atoms with E-state index in [4.69, 9.17) is 5.73 Å². The molecule has 3 nitrogen and oxygen atoms in total. The molecule has 0 bridgehead atoms. The molecule has 176 valence electrons. The van der Waals surface area contributed by atoms with Crippen molar-refractivity contribution in [1.29, 1.82) is 0 Å². The van der Waals surface area contributed by atoms with Gasteiger partial charge in [-0.1, -0.05) is 52.3 Å². The Labute approximate surface area is 195 Å². The first-order valence-electron chi connectivity index (χ1n) is 13.3. The molecule has 5 unspecified atom stereocenters. The minimum Gasteiger partial charge on any atom is -0.328 e. The molecule has 3 saturated carbocycles. The lowest BCUT2D eigenvalue weighted by Crippen LogP contribution is -2.50. The van der Waals surface area contributed by atoms with E-state index in [0.29, 0.717) is 34.6 Å². The maximum absolute atomic E-state index is 12.0. The molecule has 1 heterocycles. The van der Waals surface area contributed by atoms with Gasteiger partial charge < -0.3 is 11.1 Å². The quantitative estimate of drug-likeness (QED) is 0.523. The smallest absolute Gasteiger partial charge is 0.248 e. The standard InChI is InChI=1S/C29H44N2O/c1-17(2)22-16-27(32)31-26(22)14-18(3)23-8-9-24-21-7-6-19-15-20(30)10-12-28(19,4)25(21)11-13-29(23,24)5/h7,14,16-20,23-25H,6,8-13,15,30H2,1-5H3,(H,31,32)/b26-14-/t18?,19?,20?,23-,24?,25?,28+,29-/m1/s1. The molecule has 0 aromatic carbocycles. The minimum absolute atomic E-state index is 0.0468. The Balaban J connectivity index is 1.39. The fourth-order valence-electron chi connectivity index (χ4n) is 8.90. The predicted octanol–water partition coefficient (Wildman–Crippen LogP) is 6.12. The number of allylic oxidation sites excluding steroid dienone is 4. The molecule has 4 aliphatic carbocycles. The number of nitrogens with two attached hydrogens (primary N) is 1. The first-order chi connectivity index (χ1) is 15.1. The van der Waals surface area contributed by atoms with Crippen LogP contribution in [-0.4, -0.2) is 11.9 Å². The summed E-state index contributed by atoms with van der Waals surface area (Å²) in [5.41, 5.74) is 11.3. The normalized spacial score (nSPS) is 45.7. The van der Waals surface area contributed by atoms with E-state index >= 15 is 0 Å². The second-order valence-corrected chi connectivity index (χ2v) is 12.7. The molecule has 0 aromatic rings. The van der Waals surface area contributed by atoms with Crippen molar-refractivity contribution in [2.75, 3.05) is 0 Å². The van der Waals surface area contributed by atoms with Crippen LogP contribution >= 0.6 is 0 Å². The van der Waals surface area contributed by atoms with Gasteiger partial charge in [-0.3, -0.25) is 4.79 Å². The third-order valence-electron chi connectivity index (χ3n) is 10.7. The van der Waals surface area contributed by atoms with E-state index in [1.54, 1.807) is 6.08 Å². The molecule has 0 spiro atoms. The summed E-state index contributed by atoms with van der Waals surface area (Å²) in [6.45, 7) is 12.0. The van der Waals surface area contributed by atoms with Crippen LogP contribution in [0.3, 0.4) is 0 Å². The molecule has 5 aliphatic rings. The van der Waals surface area contributed by atoms with Gasteiger partial charge in [-0.15, -0.1) is 0 Å². The van der Waals surface area contributed by atoms with Crippen molar-refractivity contribution in [2.24, 2.45) is 52.1 Å². The number of hydrogen-bond acceptors (Lipinski definition) is 2. The molecule has 0 saturated heterocycles. The zero-order valence-electron chi connectivity index (χ0n) is 20.9. The topological polar surface area (TPSA) is 55.1 Å². The molecule has 32 heavy (non-hydrogen) atoms. The van der Waals surface area contributed by atoms with Gasteiger partial charge in [0.15, 0.2) is 0 Å². The van der Waals surface area contributed by atoms with Crippen LogP contribution in [0.4, 0.5) is 0 Å². The third kappa shape index (κ3) is 3.37. The highest BCUT2D eigenvalue weighted by atomic mass is 16.1. The van der Waals surface area contributed by atoms with Crippen molar-refractivity contribution < 1.29 is 4.79 Å². The summed E-state index contributed by atoms with van der Waals surface area (Å²) in [6, 6.07) is 0.419. The van der Waals surface area contributed by atoms with Gasteiger partial charge in [-0.25, -0.2) is 0 Å². The monoisotopic (exact) mass is 436 g/mol. The molecule has 0 radical (unpaired) electrons. The molecule has 8 atom stereocenters. The van der Waals surface area contributed by atoms with E-state index in [1.807, 2.05) is 5.57 Å². The molecule has 5 rings (SSSR count). The average molecular weight is 437 g/mol. The summed E-state index contributed by atoms with van der Waals surface area (Å²) >= 11 is 0. The zero-order valence-corrected chi connectivity index (χ0v) is 20.9. The van der Waals surface area contributed by atoms with Crippen LogP contribution in [0.2, 0.25) is 0 Å². The maximum Gasteiger partial charge on any atom is 0.248 e. The molecule has 1 aliphatic heterocycles. The molecular weight excluding hydrogens is 392 g/mol. The molecule has 3 N–H and O–H groups in total. The van der Waals surface area contributed by atoms with Crippen LogP contribution in [0.25, 0.3) is 0 Å². The molecule has 3 heteroatoms. The fourth-order valence-corrected chi connectivity index (χ4v) is 8.90. The van der Waals surface area contributed by atoms with Gasteiger partial charge in [0.2, 0.25) is 5.91 Å². The van der Waals surface area contributed by atoms with Crippen molar-refractivity contribution in [3.05, 3.63) is 35.1 Å². The van der Waals surface area contributed by atoms with Crippen LogP contribution < -0.4 is 11.1 Å². The van der Waals surface area contributed by atoms with Gasteiger partial charge >= 0.3 is 0 Å². The molecular formula is C29H44N2O. The van der Waals surface area contributed by atoms with Crippen LogP contribution in [-0.2, 0) is 4.79 Å². The van der Waals surface area contributed by atoms with Gasteiger partial charge in [0.1, 0.15) is 0 Å². The lowest BCUT2D eigenvalue weighted by atomic mass is 9.47. The van der Waals surface area contributed by atoms with Crippen LogP contribution in [0, 0.1) is 46.3 Å². The lowest BCUT2D eigenvalue weighted by Gasteiger charge is -2.58. The van der Waals surface area contributed by atoms with Crippen LogP contribution in [0.15, 0.2) is 35.1 Å². The average Bonchev–Trinajstić information content (AvgIpc) is 3.27. The van der Waals surface area contributed by atoms with Gasteiger partial charge in [-0.05, 0) is 103 Å². The first-order valence-corrected chi connectivity index (χ1v) is 13.3. The second-order valence-electron chi connectivity index (χ2n) is 12.7. The predicted molar refractivity (Wildman–Crippen MR) is 131 cm³/mol. The van der Waals surface area contributed by atoms with Crippen molar-refractivity contribution in [3.8, 4) is 0 Å². The largest absolute Gasteiger partial charge is 0.328 e. The van der Waals surface area contributed by atoms with Gasteiger partial charge in [0, 0.05) is 17.8 Å². The summed E-state index contributed by atoms with van der Waals surface area (Å²) in [4.78, 5) is 12.0. The number of fused-ring (bicyclic) bond motifs is 5. The van der Waals surface area contributed by atoms with Gasteiger partial charge in [0.25, 0.3) is 0 Å². The van der Waals surface area contributed by atoms with Gasteiger partial charge in [0.05, 0.1) is 0 Å².